The summed E-state index contributed by atoms with van der Waals surface area (Å²) in [5.41, 5.74) is -0.909. The van der Waals surface area contributed by atoms with Crippen molar-refractivity contribution in [1.82, 2.24) is 5.32 Å². The zero-order valence-corrected chi connectivity index (χ0v) is 11.6. The van der Waals surface area contributed by atoms with Crippen LogP contribution in [0.25, 0.3) is 0 Å². The molecule has 0 saturated carbocycles. The molecule has 0 rings (SSSR count). The number of carbonyl (C=O) groups is 1. The van der Waals surface area contributed by atoms with Crippen molar-refractivity contribution >= 4 is 26.4 Å². The normalized spacial score (nSPS) is 11.5. The number of ether oxygens (including phenoxy) is 1. The van der Waals surface area contributed by atoms with Crippen LogP contribution in [0.3, 0.4) is 0 Å². The molecule has 0 atom stereocenters. The van der Waals surface area contributed by atoms with Crippen molar-refractivity contribution in [2.75, 3.05) is 6.54 Å². The second-order valence-corrected chi connectivity index (χ2v) is 5.30. The Kier molecular flexibility index (Phi) is 5.22. The summed E-state index contributed by atoms with van der Waals surface area (Å²) in [7, 11) is 0. The summed E-state index contributed by atoms with van der Waals surface area (Å²) in [5, 5.41) is 2.74. The molecule has 1 amide bonds. The number of alkyl carbamates (subject to hydrolysis) is 1. The summed E-state index contributed by atoms with van der Waals surface area (Å²) in [6, 6.07) is 0. The molecule has 0 bridgehead atoms. The molecule has 1 N–H and O–H groups in total. The predicted octanol–water partition coefficient (Wildman–Crippen LogP) is 1.36. The molecule has 0 radical (unpaired) electrons. The fourth-order valence-electron chi connectivity index (χ4n) is 0.849. The number of nitrogens with one attached hydrogen (secondary N) is 1. The Labute approximate surface area is 98.8 Å². The van der Waals surface area contributed by atoms with Crippen LogP contribution in [0.5, 0.6) is 0 Å². The quantitative estimate of drug-likeness (QED) is 0.625. The van der Waals surface area contributed by atoms with E-state index in [1.165, 1.54) is 0 Å². The number of aliphatic imine (C=N–C) groups is 1. The molecule has 0 aromatic carbocycles. The first kappa shape index (κ1) is 14.4. The van der Waals surface area contributed by atoms with E-state index in [0.29, 0.717) is 6.54 Å². The van der Waals surface area contributed by atoms with Crippen LogP contribution >= 0.6 is 0 Å². The fraction of sp³-hybridized carbons (Fsp3) is 0.800. The van der Waals surface area contributed by atoms with Crippen molar-refractivity contribution < 1.29 is 9.53 Å². The van der Waals surface area contributed by atoms with Gasteiger partial charge >= 0.3 is 98.5 Å². The fourth-order valence-corrected chi connectivity index (χ4v) is 0.985. The van der Waals surface area contributed by atoms with E-state index in [0.717, 1.165) is 0 Å². The van der Waals surface area contributed by atoms with Crippen molar-refractivity contribution in [1.29, 1.82) is 0 Å². The van der Waals surface area contributed by atoms with E-state index >= 15 is 0 Å². The Bertz CT molecular complexity index is 276. The van der Waals surface area contributed by atoms with Gasteiger partial charge in [-0.25, -0.2) is 0 Å². The van der Waals surface area contributed by atoms with Crippen LogP contribution in [0.4, 0.5) is 4.79 Å². The SMILES string of the molecule is CC(C)(CN=C=[Se])NC(=O)OC(C)(C)C. The van der Waals surface area contributed by atoms with Gasteiger partial charge in [0.25, 0.3) is 0 Å². The van der Waals surface area contributed by atoms with Gasteiger partial charge in [0.15, 0.2) is 0 Å². The van der Waals surface area contributed by atoms with E-state index in [4.69, 9.17) is 4.74 Å². The van der Waals surface area contributed by atoms with Gasteiger partial charge in [-0.05, 0) is 0 Å². The number of rotatable bonds is 3. The molecule has 0 fully saturated rings. The number of nitrogens with zero attached hydrogens (tertiary/aromatic N) is 1. The number of amides is 1. The van der Waals surface area contributed by atoms with Crippen molar-refractivity contribution in [3.63, 3.8) is 0 Å². The van der Waals surface area contributed by atoms with Gasteiger partial charge in [-0.3, -0.25) is 0 Å². The number of hydrogen-bond donors (Lipinski definition) is 1. The summed E-state index contributed by atoms with van der Waals surface area (Å²) >= 11 is 2.55. The Morgan fingerprint density at radius 1 is 1.40 bits per heavy atom. The molecule has 0 unspecified atom stereocenters. The van der Waals surface area contributed by atoms with Crippen LogP contribution < -0.4 is 5.32 Å². The second-order valence-electron chi connectivity index (χ2n) is 4.92. The Balaban J connectivity index is 4.21. The van der Waals surface area contributed by atoms with E-state index in [2.05, 4.69) is 30.6 Å². The van der Waals surface area contributed by atoms with E-state index < -0.39 is 17.2 Å². The van der Waals surface area contributed by atoms with Crippen LogP contribution in [0.15, 0.2) is 4.99 Å². The van der Waals surface area contributed by atoms with Gasteiger partial charge in [0, 0.05) is 0 Å². The molecule has 15 heavy (non-hydrogen) atoms. The van der Waals surface area contributed by atoms with Gasteiger partial charge in [0.05, 0.1) is 0 Å². The maximum absolute atomic E-state index is 11.4. The summed E-state index contributed by atoms with van der Waals surface area (Å²) in [4.78, 5) is 15.4. The molecule has 0 spiro atoms. The van der Waals surface area contributed by atoms with E-state index in [9.17, 15) is 4.79 Å². The Morgan fingerprint density at radius 2 is 1.93 bits per heavy atom. The van der Waals surface area contributed by atoms with Crippen molar-refractivity contribution in [2.45, 2.75) is 45.8 Å². The first-order valence-electron chi connectivity index (χ1n) is 4.71. The van der Waals surface area contributed by atoms with E-state index in [-0.39, 0.29) is 0 Å². The standard InChI is InChI=1S/C10H18N2O2Se/c1-9(2,3)14-8(13)12-10(4,5)6-11-7-15/h6H2,1-5H3,(H,12,13). The molecule has 0 heterocycles. The van der Waals surface area contributed by atoms with Crippen molar-refractivity contribution in [2.24, 2.45) is 4.99 Å². The van der Waals surface area contributed by atoms with Crippen LogP contribution in [0.2, 0.25) is 0 Å². The third-order valence-electron chi connectivity index (χ3n) is 1.38. The van der Waals surface area contributed by atoms with Gasteiger partial charge in [-0.1, -0.05) is 0 Å². The monoisotopic (exact) mass is 278 g/mol. The molecule has 86 valence electrons. The summed E-state index contributed by atoms with van der Waals surface area (Å²) < 4.78 is 7.69. The first-order valence-corrected chi connectivity index (χ1v) is 5.57. The van der Waals surface area contributed by atoms with Crippen LogP contribution in [0, 0.1) is 0 Å². The molecular weight excluding hydrogens is 259 g/mol. The molecule has 0 aliphatic carbocycles. The summed E-state index contributed by atoms with van der Waals surface area (Å²) in [6.45, 7) is 9.68. The van der Waals surface area contributed by atoms with Gasteiger partial charge in [-0.15, -0.1) is 0 Å². The second kappa shape index (κ2) is 5.45. The molecule has 0 aliphatic rings. The average molecular weight is 277 g/mol. The van der Waals surface area contributed by atoms with Crippen molar-refractivity contribution in [3.8, 4) is 0 Å². The van der Waals surface area contributed by atoms with Gasteiger partial charge in [-0.2, -0.15) is 0 Å². The molecule has 0 aliphatic heterocycles. The zero-order chi connectivity index (χ0) is 12.1. The molecule has 0 saturated heterocycles. The third-order valence-corrected chi connectivity index (χ3v) is 1.65. The number of hydrogen-bond acceptors (Lipinski definition) is 3. The topological polar surface area (TPSA) is 50.7 Å². The minimum atomic E-state index is -0.478. The first-order chi connectivity index (χ1) is 6.66. The average Bonchev–Trinajstić information content (AvgIpc) is 1.95. The van der Waals surface area contributed by atoms with E-state index in [1.807, 2.05) is 34.6 Å². The van der Waals surface area contributed by atoms with Crippen LogP contribution in [-0.2, 0) is 4.74 Å². The van der Waals surface area contributed by atoms with E-state index in [1.54, 1.807) is 0 Å². The Hall–Kier alpha value is -0.631. The van der Waals surface area contributed by atoms with Crippen molar-refractivity contribution in [3.05, 3.63) is 0 Å². The molecule has 0 aromatic rings. The summed E-state index contributed by atoms with van der Waals surface area (Å²) in [5.74, 6) is 0. The molecule has 4 nitrogen and oxygen atoms in total. The molecule has 0 aromatic heterocycles. The maximum atomic E-state index is 11.4. The molecular formula is C10H18N2O2Se. The van der Waals surface area contributed by atoms with Crippen LogP contribution in [0.1, 0.15) is 34.6 Å². The van der Waals surface area contributed by atoms with Crippen LogP contribution in [-0.4, -0.2) is 44.1 Å². The zero-order valence-electron chi connectivity index (χ0n) is 9.88. The third kappa shape index (κ3) is 8.37. The Morgan fingerprint density at radius 3 is 2.33 bits per heavy atom. The predicted molar refractivity (Wildman–Crippen MR) is 61.5 cm³/mol. The van der Waals surface area contributed by atoms with Gasteiger partial charge in [0.2, 0.25) is 0 Å². The van der Waals surface area contributed by atoms with Gasteiger partial charge < -0.3 is 0 Å². The number of carbonyl (C=O) groups excluding carboxylic acids is 1. The van der Waals surface area contributed by atoms with Gasteiger partial charge in [0.1, 0.15) is 0 Å². The molecule has 5 heteroatoms. The summed E-state index contributed by atoms with van der Waals surface area (Å²) in [6.07, 6.45) is -0.428. The minimum absolute atomic E-state index is 0.428.